The SMILES string of the molecule is CCOC(=O)Cn1c(=NC(=O)c2ccc(Br)cc2)sc2cc(C)c(C)cc21. The first-order valence-corrected chi connectivity index (χ1v) is 10.1. The third-order valence-electron chi connectivity index (χ3n) is 4.18. The maximum absolute atomic E-state index is 12.6. The number of hydrogen-bond donors (Lipinski definition) is 0. The molecular weight excluding hydrogens is 428 g/mol. The van der Waals surface area contributed by atoms with Crippen LogP contribution < -0.4 is 4.80 Å². The molecule has 1 heterocycles. The second kappa shape index (κ2) is 8.19. The molecule has 0 saturated carbocycles. The molecule has 0 aliphatic rings. The van der Waals surface area contributed by atoms with Crippen LogP contribution >= 0.6 is 27.3 Å². The molecule has 0 aliphatic carbocycles. The van der Waals surface area contributed by atoms with Crippen LogP contribution in [0.15, 0.2) is 45.9 Å². The highest BCUT2D eigenvalue weighted by atomic mass is 79.9. The van der Waals surface area contributed by atoms with Crippen molar-refractivity contribution in [1.29, 1.82) is 0 Å². The predicted molar refractivity (Wildman–Crippen MR) is 110 cm³/mol. The smallest absolute Gasteiger partial charge is 0.326 e. The summed E-state index contributed by atoms with van der Waals surface area (Å²) in [5.74, 6) is -0.701. The Hall–Kier alpha value is -2.25. The van der Waals surface area contributed by atoms with Crippen molar-refractivity contribution in [2.75, 3.05) is 6.61 Å². The van der Waals surface area contributed by atoms with E-state index >= 15 is 0 Å². The van der Waals surface area contributed by atoms with Gasteiger partial charge in [-0.2, -0.15) is 4.99 Å². The van der Waals surface area contributed by atoms with Gasteiger partial charge in [0, 0.05) is 10.0 Å². The standard InChI is InChI=1S/C20H19BrN2O3S/c1-4-26-18(24)11-23-16-9-12(2)13(3)10-17(16)27-20(23)22-19(25)14-5-7-15(21)8-6-14/h5-10H,4,11H2,1-3H3. The molecule has 0 N–H and O–H groups in total. The van der Waals surface area contributed by atoms with Gasteiger partial charge >= 0.3 is 5.97 Å². The number of esters is 1. The van der Waals surface area contributed by atoms with Crippen molar-refractivity contribution in [3.8, 4) is 0 Å². The van der Waals surface area contributed by atoms with Gasteiger partial charge in [-0.3, -0.25) is 9.59 Å². The minimum absolute atomic E-state index is 0.0167. The minimum atomic E-state index is -0.354. The van der Waals surface area contributed by atoms with Crippen LogP contribution in [-0.4, -0.2) is 23.1 Å². The number of aryl methyl sites for hydroxylation is 2. The topological polar surface area (TPSA) is 60.7 Å². The van der Waals surface area contributed by atoms with Crippen molar-refractivity contribution in [2.45, 2.75) is 27.3 Å². The summed E-state index contributed by atoms with van der Waals surface area (Å²) >= 11 is 4.75. The van der Waals surface area contributed by atoms with Gasteiger partial charge in [0.1, 0.15) is 6.54 Å². The van der Waals surface area contributed by atoms with E-state index in [-0.39, 0.29) is 18.4 Å². The van der Waals surface area contributed by atoms with E-state index in [0.29, 0.717) is 17.0 Å². The Kier molecular flexibility index (Phi) is 5.92. The summed E-state index contributed by atoms with van der Waals surface area (Å²) in [5, 5.41) is 0. The molecule has 0 atom stereocenters. The minimum Gasteiger partial charge on any atom is -0.465 e. The third kappa shape index (κ3) is 4.36. The van der Waals surface area contributed by atoms with Gasteiger partial charge in [0.25, 0.3) is 5.91 Å². The molecular formula is C20H19BrN2O3S. The summed E-state index contributed by atoms with van der Waals surface area (Å²) in [6, 6.07) is 11.1. The lowest BCUT2D eigenvalue weighted by Gasteiger charge is -2.06. The first-order valence-electron chi connectivity index (χ1n) is 8.50. The van der Waals surface area contributed by atoms with E-state index < -0.39 is 0 Å². The van der Waals surface area contributed by atoms with Crippen LogP contribution in [0.1, 0.15) is 28.4 Å². The highest BCUT2D eigenvalue weighted by Crippen LogP contribution is 2.22. The van der Waals surface area contributed by atoms with Crippen molar-refractivity contribution in [3.05, 3.63) is 62.4 Å². The normalized spacial score (nSPS) is 11.8. The number of ether oxygens (including phenoxy) is 1. The molecule has 27 heavy (non-hydrogen) atoms. The van der Waals surface area contributed by atoms with Crippen LogP contribution in [0.5, 0.6) is 0 Å². The molecule has 1 aromatic heterocycles. The Bertz CT molecular complexity index is 1080. The summed E-state index contributed by atoms with van der Waals surface area (Å²) in [6.07, 6.45) is 0. The van der Waals surface area contributed by atoms with Gasteiger partial charge in [-0.25, -0.2) is 0 Å². The summed E-state index contributed by atoms with van der Waals surface area (Å²) in [4.78, 5) is 29.4. The molecule has 140 valence electrons. The van der Waals surface area contributed by atoms with Crippen LogP contribution in [0.25, 0.3) is 10.2 Å². The van der Waals surface area contributed by atoms with Crippen molar-refractivity contribution in [1.82, 2.24) is 4.57 Å². The Balaban J connectivity index is 2.13. The van der Waals surface area contributed by atoms with Crippen molar-refractivity contribution >= 4 is 49.4 Å². The molecule has 5 nitrogen and oxygen atoms in total. The number of hydrogen-bond acceptors (Lipinski definition) is 4. The zero-order chi connectivity index (χ0) is 19.6. The average molecular weight is 447 g/mol. The summed E-state index contributed by atoms with van der Waals surface area (Å²) in [5.41, 5.74) is 3.63. The van der Waals surface area contributed by atoms with Crippen LogP contribution in [0.3, 0.4) is 0 Å². The highest BCUT2D eigenvalue weighted by molar-refractivity contribution is 9.10. The van der Waals surface area contributed by atoms with Crippen molar-refractivity contribution < 1.29 is 14.3 Å². The third-order valence-corrected chi connectivity index (χ3v) is 5.75. The Labute approximate surface area is 169 Å². The fraction of sp³-hybridized carbons (Fsp3) is 0.250. The van der Waals surface area contributed by atoms with E-state index in [4.69, 9.17) is 4.74 Å². The number of thiazole rings is 1. The van der Waals surface area contributed by atoms with E-state index in [1.54, 1.807) is 35.8 Å². The molecule has 0 bridgehead atoms. The largest absolute Gasteiger partial charge is 0.465 e. The molecule has 0 spiro atoms. The number of amides is 1. The molecule has 0 aliphatic heterocycles. The number of nitrogens with zero attached hydrogens (tertiary/aromatic N) is 2. The number of rotatable bonds is 4. The first kappa shape index (κ1) is 19.5. The second-order valence-corrected chi connectivity index (χ2v) is 8.03. The number of aromatic nitrogens is 1. The number of carbonyl (C=O) groups is 2. The quantitative estimate of drug-likeness (QED) is 0.558. The van der Waals surface area contributed by atoms with E-state index in [0.717, 1.165) is 25.8 Å². The molecule has 0 saturated heterocycles. The maximum Gasteiger partial charge on any atom is 0.326 e. The molecule has 0 radical (unpaired) electrons. The van der Waals surface area contributed by atoms with Gasteiger partial charge in [-0.15, -0.1) is 0 Å². The van der Waals surface area contributed by atoms with E-state index in [2.05, 4.69) is 27.0 Å². The van der Waals surface area contributed by atoms with E-state index in [9.17, 15) is 9.59 Å². The second-order valence-electron chi connectivity index (χ2n) is 6.10. The predicted octanol–water partition coefficient (Wildman–Crippen LogP) is 4.39. The lowest BCUT2D eigenvalue weighted by atomic mass is 10.1. The van der Waals surface area contributed by atoms with Gasteiger partial charge in [0.05, 0.1) is 16.8 Å². The van der Waals surface area contributed by atoms with Gasteiger partial charge in [-0.05, 0) is 68.3 Å². The maximum atomic E-state index is 12.6. The van der Waals surface area contributed by atoms with Crippen molar-refractivity contribution in [2.24, 2.45) is 4.99 Å². The summed E-state index contributed by atoms with van der Waals surface area (Å²) < 4.78 is 8.71. The number of halogens is 1. The molecule has 2 aromatic carbocycles. The Morgan fingerprint density at radius 3 is 2.48 bits per heavy atom. The number of carbonyl (C=O) groups excluding carboxylic acids is 2. The number of fused-ring (bicyclic) bond motifs is 1. The summed E-state index contributed by atoms with van der Waals surface area (Å²) in [6.45, 7) is 6.15. The summed E-state index contributed by atoms with van der Waals surface area (Å²) in [7, 11) is 0. The first-order chi connectivity index (χ1) is 12.9. The van der Waals surface area contributed by atoms with Crippen LogP contribution in [-0.2, 0) is 16.1 Å². The van der Waals surface area contributed by atoms with E-state index in [1.165, 1.54) is 11.3 Å². The highest BCUT2D eigenvalue weighted by Gasteiger charge is 2.14. The fourth-order valence-electron chi connectivity index (χ4n) is 2.64. The van der Waals surface area contributed by atoms with Crippen LogP contribution in [0.4, 0.5) is 0 Å². The fourth-order valence-corrected chi connectivity index (χ4v) is 4.01. The Morgan fingerprint density at radius 1 is 1.15 bits per heavy atom. The lowest BCUT2D eigenvalue weighted by Crippen LogP contribution is -2.23. The molecule has 0 unspecified atom stereocenters. The Morgan fingerprint density at radius 2 is 1.81 bits per heavy atom. The molecule has 1 amide bonds. The lowest BCUT2D eigenvalue weighted by molar-refractivity contribution is -0.143. The molecule has 3 rings (SSSR count). The monoisotopic (exact) mass is 446 g/mol. The zero-order valence-corrected chi connectivity index (χ0v) is 17.7. The number of benzene rings is 2. The van der Waals surface area contributed by atoms with Gasteiger partial charge < -0.3 is 9.30 Å². The van der Waals surface area contributed by atoms with Crippen LogP contribution in [0.2, 0.25) is 0 Å². The van der Waals surface area contributed by atoms with Crippen LogP contribution in [0, 0.1) is 13.8 Å². The zero-order valence-electron chi connectivity index (χ0n) is 15.3. The molecule has 7 heteroatoms. The van der Waals surface area contributed by atoms with Crippen molar-refractivity contribution in [3.63, 3.8) is 0 Å². The van der Waals surface area contributed by atoms with Gasteiger partial charge in [0.2, 0.25) is 0 Å². The molecule has 0 fully saturated rings. The molecule has 3 aromatic rings. The van der Waals surface area contributed by atoms with Gasteiger partial charge in [0.15, 0.2) is 4.80 Å². The van der Waals surface area contributed by atoms with Gasteiger partial charge in [-0.1, -0.05) is 27.3 Å². The average Bonchev–Trinajstić information content (AvgIpc) is 2.92. The van der Waals surface area contributed by atoms with E-state index in [1.807, 2.05) is 19.9 Å².